The highest BCUT2D eigenvalue weighted by Crippen LogP contribution is 2.36. The molecule has 8 heteroatoms. The molecule has 1 amide bonds. The number of anilines is 1. The number of amides is 1. The van der Waals surface area contributed by atoms with Gasteiger partial charge in [0.15, 0.2) is 17.3 Å². The summed E-state index contributed by atoms with van der Waals surface area (Å²) in [5, 5.41) is 4.64. The van der Waals surface area contributed by atoms with Crippen molar-refractivity contribution in [2.24, 2.45) is 11.7 Å². The van der Waals surface area contributed by atoms with Crippen molar-refractivity contribution in [3.63, 3.8) is 0 Å². The number of aromatic nitrogens is 4. The molecular weight excluding hydrogens is 392 g/mol. The first-order valence-electron chi connectivity index (χ1n) is 10.7. The van der Waals surface area contributed by atoms with E-state index < -0.39 is 5.41 Å². The number of piperidine rings is 1. The van der Waals surface area contributed by atoms with Gasteiger partial charge in [-0.25, -0.2) is 14.5 Å². The molecule has 5 rings (SSSR count). The van der Waals surface area contributed by atoms with Crippen molar-refractivity contribution < 1.29 is 9.59 Å². The number of hydrogen-bond acceptors (Lipinski definition) is 6. The summed E-state index contributed by atoms with van der Waals surface area (Å²) >= 11 is 0. The van der Waals surface area contributed by atoms with Crippen LogP contribution in [-0.4, -0.2) is 44.4 Å². The van der Waals surface area contributed by atoms with Gasteiger partial charge in [0.05, 0.1) is 0 Å². The SMILES string of the molecule is CC1(C)C(=O)Cc2cc(Cc3nc4c(N5CCC(C(N)=O)CC5)nccn4n3)ccc21. The van der Waals surface area contributed by atoms with E-state index in [1.54, 1.807) is 16.9 Å². The van der Waals surface area contributed by atoms with Gasteiger partial charge in [0.25, 0.3) is 0 Å². The average Bonchev–Trinajstić information content (AvgIpc) is 3.25. The molecule has 31 heavy (non-hydrogen) atoms. The minimum atomic E-state index is -0.405. The molecule has 1 saturated heterocycles. The van der Waals surface area contributed by atoms with E-state index in [-0.39, 0.29) is 17.6 Å². The first kappa shape index (κ1) is 19.7. The number of nitrogens with zero attached hydrogens (tertiary/aromatic N) is 5. The van der Waals surface area contributed by atoms with Crippen LogP contribution in [0.25, 0.3) is 5.65 Å². The summed E-state index contributed by atoms with van der Waals surface area (Å²) in [6.07, 6.45) is 6.06. The van der Waals surface area contributed by atoms with E-state index in [1.165, 1.54) is 0 Å². The van der Waals surface area contributed by atoms with Crippen LogP contribution in [0.4, 0.5) is 5.82 Å². The molecule has 3 aromatic rings. The van der Waals surface area contributed by atoms with E-state index in [2.05, 4.69) is 33.2 Å². The van der Waals surface area contributed by atoms with Crippen molar-refractivity contribution in [1.82, 2.24) is 19.6 Å². The molecule has 3 heterocycles. The predicted molar refractivity (Wildman–Crippen MR) is 116 cm³/mol. The molecule has 8 nitrogen and oxygen atoms in total. The third-order valence-corrected chi connectivity index (χ3v) is 6.73. The Kier molecular flexibility index (Phi) is 4.53. The van der Waals surface area contributed by atoms with Gasteiger partial charge < -0.3 is 10.6 Å². The highest BCUT2D eigenvalue weighted by atomic mass is 16.1. The second-order valence-electron chi connectivity index (χ2n) is 9.10. The van der Waals surface area contributed by atoms with Crippen LogP contribution < -0.4 is 10.6 Å². The fourth-order valence-electron chi connectivity index (χ4n) is 4.76. The fraction of sp³-hybridized carbons (Fsp3) is 0.435. The topological polar surface area (TPSA) is 106 Å². The molecule has 1 aliphatic carbocycles. The summed E-state index contributed by atoms with van der Waals surface area (Å²) in [6.45, 7) is 5.42. The molecule has 2 N–H and O–H groups in total. The largest absolute Gasteiger partial charge is 0.369 e. The summed E-state index contributed by atoms with van der Waals surface area (Å²) in [6, 6.07) is 6.25. The molecule has 0 unspecified atom stereocenters. The van der Waals surface area contributed by atoms with Crippen LogP contribution in [0, 0.1) is 5.92 Å². The van der Waals surface area contributed by atoms with Crippen molar-refractivity contribution in [3.8, 4) is 0 Å². The maximum atomic E-state index is 12.3. The summed E-state index contributed by atoms with van der Waals surface area (Å²) in [7, 11) is 0. The molecule has 1 aliphatic heterocycles. The summed E-state index contributed by atoms with van der Waals surface area (Å²) in [5.74, 6) is 1.47. The average molecular weight is 419 g/mol. The Bertz CT molecular complexity index is 1190. The van der Waals surface area contributed by atoms with E-state index in [1.807, 2.05) is 13.8 Å². The Morgan fingerprint density at radius 2 is 2.03 bits per heavy atom. The van der Waals surface area contributed by atoms with Crippen molar-refractivity contribution in [2.75, 3.05) is 18.0 Å². The molecular formula is C23H26N6O2. The lowest BCUT2D eigenvalue weighted by molar-refractivity contribution is -0.122. The molecule has 1 fully saturated rings. The van der Waals surface area contributed by atoms with Crippen molar-refractivity contribution >= 4 is 23.2 Å². The van der Waals surface area contributed by atoms with Crippen LogP contribution in [0.1, 0.15) is 49.2 Å². The van der Waals surface area contributed by atoms with Gasteiger partial charge in [0.1, 0.15) is 5.78 Å². The number of rotatable bonds is 4. The maximum Gasteiger partial charge on any atom is 0.220 e. The molecule has 0 spiro atoms. The molecule has 2 aliphatic rings. The predicted octanol–water partition coefficient (Wildman–Crippen LogP) is 1.82. The quantitative estimate of drug-likeness (QED) is 0.693. The monoisotopic (exact) mass is 418 g/mol. The standard InChI is InChI=1S/C23H26N6O2/c1-23(2)17-4-3-14(11-16(17)13-18(23)30)12-19-26-22-21(25-7-10-29(22)27-19)28-8-5-15(6-9-28)20(24)31/h3-4,7,10-11,15H,5-6,8-9,12-13H2,1-2H3,(H2,24,31). The van der Waals surface area contributed by atoms with Gasteiger partial charge in [-0.1, -0.05) is 18.2 Å². The minimum Gasteiger partial charge on any atom is -0.369 e. The number of benzene rings is 1. The number of ketones is 1. The maximum absolute atomic E-state index is 12.3. The third kappa shape index (κ3) is 3.36. The van der Waals surface area contributed by atoms with Gasteiger partial charge >= 0.3 is 0 Å². The van der Waals surface area contributed by atoms with Crippen LogP contribution >= 0.6 is 0 Å². The normalized spacial score (nSPS) is 18.5. The first-order chi connectivity index (χ1) is 14.8. The smallest absolute Gasteiger partial charge is 0.220 e. The number of fused-ring (bicyclic) bond motifs is 2. The second-order valence-corrected chi connectivity index (χ2v) is 9.10. The zero-order valence-electron chi connectivity index (χ0n) is 17.8. The first-order valence-corrected chi connectivity index (χ1v) is 10.7. The zero-order valence-corrected chi connectivity index (χ0v) is 17.8. The summed E-state index contributed by atoms with van der Waals surface area (Å²) in [5.41, 5.74) is 9.09. The van der Waals surface area contributed by atoms with E-state index >= 15 is 0 Å². The minimum absolute atomic E-state index is 0.0684. The number of carbonyl (C=O) groups is 2. The van der Waals surface area contributed by atoms with Gasteiger partial charge in [-0.2, -0.15) is 5.10 Å². The van der Waals surface area contributed by atoms with Crippen LogP contribution in [0.15, 0.2) is 30.6 Å². The second kappa shape index (κ2) is 7.14. The van der Waals surface area contributed by atoms with Gasteiger partial charge in [0.2, 0.25) is 5.91 Å². The fourth-order valence-corrected chi connectivity index (χ4v) is 4.76. The van der Waals surface area contributed by atoms with E-state index in [0.29, 0.717) is 24.3 Å². The Labute approximate surface area is 180 Å². The Balaban J connectivity index is 1.39. The molecule has 0 bridgehead atoms. The number of nitrogens with two attached hydrogens (primary N) is 1. The molecule has 0 saturated carbocycles. The van der Waals surface area contributed by atoms with Crippen LogP contribution in [0.2, 0.25) is 0 Å². The van der Waals surface area contributed by atoms with Crippen molar-refractivity contribution in [3.05, 3.63) is 53.1 Å². The van der Waals surface area contributed by atoms with E-state index in [9.17, 15) is 9.59 Å². The summed E-state index contributed by atoms with van der Waals surface area (Å²) < 4.78 is 1.76. The highest BCUT2D eigenvalue weighted by molar-refractivity contribution is 5.95. The van der Waals surface area contributed by atoms with Crippen LogP contribution in [0.3, 0.4) is 0 Å². The summed E-state index contributed by atoms with van der Waals surface area (Å²) in [4.78, 5) is 35.2. The molecule has 0 atom stereocenters. The Morgan fingerprint density at radius 3 is 2.77 bits per heavy atom. The number of hydrogen-bond donors (Lipinski definition) is 1. The highest BCUT2D eigenvalue weighted by Gasteiger charge is 2.37. The van der Waals surface area contributed by atoms with Crippen molar-refractivity contribution in [2.45, 2.75) is 44.9 Å². The Hall–Kier alpha value is -3.29. The lowest BCUT2D eigenvalue weighted by Gasteiger charge is -2.31. The van der Waals surface area contributed by atoms with Crippen molar-refractivity contribution in [1.29, 1.82) is 0 Å². The van der Waals surface area contributed by atoms with Gasteiger partial charge in [-0.05, 0) is 43.4 Å². The number of Topliss-reactive ketones (excluding diaryl/α,β-unsaturated/α-hetero) is 1. The Morgan fingerprint density at radius 1 is 1.26 bits per heavy atom. The van der Waals surface area contributed by atoms with Crippen LogP contribution in [-0.2, 0) is 27.8 Å². The number of carbonyl (C=O) groups excluding carboxylic acids is 2. The van der Waals surface area contributed by atoms with Gasteiger partial charge in [-0.3, -0.25) is 9.59 Å². The lowest BCUT2D eigenvalue weighted by atomic mass is 9.85. The van der Waals surface area contributed by atoms with E-state index in [0.717, 1.165) is 48.4 Å². The third-order valence-electron chi connectivity index (χ3n) is 6.73. The molecule has 160 valence electrons. The van der Waals surface area contributed by atoms with Gasteiger partial charge in [-0.15, -0.1) is 0 Å². The van der Waals surface area contributed by atoms with Crippen LogP contribution in [0.5, 0.6) is 0 Å². The van der Waals surface area contributed by atoms with Gasteiger partial charge in [0, 0.05) is 49.7 Å². The molecule has 2 aromatic heterocycles. The molecule has 0 radical (unpaired) electrons. The zero-order chi connectivity index (χ0) is 21.8. The number of primary amides is 1. The van der Waals surface area contributed by atoms with E-state index in [4.69, 9.17) is 10.7 Å². The lowest BCUT2D eigenvalue weighted by Crippen LogP contribution is -2.39. The molecule has 1 aromatic carbocycles.